The summed E-state index contributed by atoms with van der Waals surface area (Å²) in [6.45, 7) is 5.34. The first-order valence-corrected chi connectivity index (χ1v) is 10.1. The van der Waals surface area contributed by atoms with Crippen LogP contribution >= 0.6 is 23.2 Å². The van der Waals surface area contributed by atoms with Crippen molar-refractivity contribution in [3.63, 3.8) is 0 Å². The predicted octanol–water partition coefficient (Wildman–Crippen LogP) is 4.09. The molecule has 0 aromatic heterocycles. The van der Waals surface area contributed by atoms with Gasteiger partial charge in [-0.1, -0.05) is 53.5 Å². The predicted molar refractivity (Wildman–Crippen MR) is 116 cm³/mol. The van der Waals surface area contributed by atoms with Crippen LogP contribution in [0, 0.1) is 0 Å². The van der Waals surface area contributed by atoms with Gasteiger partial charge in [0.15, 0.2) is 6.61 Å². The zero-order valence-electron chi connectivity index (χ0n) is 17.1. The summed E-state index contributed by atoms with van der Waals surface area (Å²) >= 11 is 11.7. The fourth-order valence-corrected chi connectivity index (χ4v) is 2.93. The molecule has 0 aliphatic carbocycles. The molecule has 0 aliphatic rings. The number of hydrogen-bond acceptors (Lipinski definition) is 4. The van der Waals surface area contributed by atoms with E-state index in [1.54, 1.807) is 4.90 Å². The van der Waals surface area contributed by atoms with E-state index in [2.05, 4.69) is 5.32 Å². The second kappa shape index (κ2) is 10.5. The number of benzene rings is 2. The van der Waals surface area contributed by atoms with E-state index in [0.717, 1.165) is 5.56 Å². The van der Waals surface area contributed by atoms with E-state index >= 15 is 0 Å². The van der Waals surface area contributed by atoms with Gasteiger partial charge >= 0.3 is 5.97 Å². The number of hydrogen-bond donors (Lipinski definition) is 1. The zero-order chi connectivity index (χ0) is 22.3. The number of carbonyl (C=O) groups excluding carboxylic acids is 3. The molecule has 1 N–H and O–H groups in total. The van der Waals surface area contributed by atoms with Crippen LogP contribution in [-0.4, -0.2) is 41.4 Å². The first kappa shape index (κ1) is 23.7. The van der Waals surface area contributed by atoms with E-state index in [4.69, 9.17) is 27.9 Å². The Labute approximate surface area is 186 Å². The summed E-state index contributed by atoms with van der Waals surface area (Å²) in [6.07, 6.45) is 0. The lowest BCUT2D eigenvalue weighted by Gasteiger charge is -2.35. The normalized spacial score (nSPS) is 11.0. The quantitative estimate of drug-likeness (QED) is 0.644. The van der Waals surface area contributed by atoms with Crippen LogP contribution in [0.1, 0.15) is 36.7 Å². The molecule has 0 saturated heterocycles. The van der Waals surface area contributed by atoms with Crippen LogP contribution in [0.15, 0.2) is 48.5 Å². The fraction of sp³-hybridized carbons (Fsp3) is 0.318. The number of ether oxygens (including phenoxy) is 1. The van der Waals surface area contributed by atoms with Crippen LogP contribution in [-0.2, 0) is 20.9 Å². The van der Waals surface area contributed by atoms with Crippen LogP contribution in [0.3, 0.4) is 0 Å². The first-order valence-electron chi connectivity index (χ1n) is 9.31. The Balaban J connectivity index is 1.87. The van der Waals surface area contributed by atoms with Crippen LogP contribution in [0.4, 0.5) is 0 Å². The third-order valence-corrected chi connectivity index (χ3v) is 4.97. The third kappa shape index (κ3) is 7.04. The molecule has 0 spiro atoms. The van der Waals surface area contributed by atoms with E-state index in [-0.39, 0.29) is 23.0 Å². The summed E-state index contributed by atoms with van der Waals surface area (Å²) in [4.78, 5) is 38.4. The highest BCUT2D eigenvalue weighted by molar-refractivity contribution is 6.42. The van der Waals surface area contributed by atoms with Gasteiger partial charge in [-0.25, -0.2) is 0 Å². The molecule has 30 heavy (non-hydrogen) atoms. The molecule has 2 aromatic carbocycles. The molecule has 0 saturated carbocycles. The second-order valence-electron chi connectivity index (χ2n) is 7.61. The van der Waals surface area contributed by atoms with E-state index < -0.39 is 24.0 Å². The molecular weight excluding hydrogens is 427 g/mol. The van der Waals surface area contributed by atoms with Crippen LogP contribution in [0.2, 0.25) is 10.0 Å². The number of rotatable bonds is 7. The molecule has 6 nitrogen and oxygen atoms in total. The van der Waals surface area contributed by atoms with Gasteiger partial charge in [0.05, 0.1) is 10.0 Å². The van der Waals surface area contributed by atoms with Crippen molar-refractivity contribution in [3.8, 4) is 0 Å². The van der Waals surface area contributed by atoms with Gasteiger partial charge in [-0.2, -0.15) is 0 Å². The van der Waals surface area contributed by atoms with Gasteiger partial charge in [-0.05, 0) is 44.5 Å². The summed E-state index contributed by atoms with van der Waals surface area (Å²) in [7, 11) is 0. The number of esters is 1. The minimum atomic E-state index is -0.717. The summed E-state index contributed by atoms with van der Waals surface area (Å²) in [5, 5.41) is 2.99. The Bertz CT molecular complexity index is 911. The van der Waals surface area contributed by atoms with Gasteiger partial charge < -0.3 is 15.0 Å². The molecule has 0 aliphatic heterocycles. The largest absolute Gasteiger partial charge is 0.454 e. The van der Waals surface area contributed by atoms with Gasteiger partial charge in [0.1, 0.15) is 6.54 Å². The summed E-state index contributed by atoms with van der Waals surface area (Å²) in [5.41, 5.74) is 0.775. The SMILES string of the molecule is CC(C)(C)N(Cc1ccccc1)C(=O)COC(=O)CNC(=O)c1ccc(Cl)c(Cl)c1. The molecule has 2 rings (SSSR count). The van der Waals surface area contributed by atoms with Crippen LogP contribution < -0.4 is 5.32 Å². The molecule has 8 heteroatoms. The highest BCUT2D eigenvalue weighted by atomic mass is 35.5. The lowest BCUT2D eigenvalue weighted by Crippen LogP contribution is -2.47. The van der Waals surface area contributed by atoms with Gasteiger partial charge in [-0.15, -0.1) is 0 Å². The molecule has 0 bridgehead atoms. The number of halogens is 2. The van der Waals surface area contributed by atoms with Crippen molar-refractivity contribution >= 4 is 41.0 Å². The minimum Gasteiger partial charge on any atom is -0.454 e. The highest BCUT2D eigenvalue weighted by Gasteiger charge is 2.27. The molecule has 0 heterocycles. The average Bonchev–Trinajstić information content (AvgIpc) is 2.70. The molecule has 0 unspecified atom stereocenters. The van der Waals surface area contributed by atoms with E-state index in [1.807, 2.05) is 51.1 Å². The highest BCUT2D eigenvalue weighted by Crippen LogP contribution is 2.22. The minimum absolute atomic E-state index is 0.234. The molecular formula is C22H24Cl2N2O4. The van der Waals surface area contributed by atoms with Crippen molar-refractivity contribution in [2.75, 3.05) is 13.2 Å². The smallest absolute Gasteiger partial charge is 0.325 e. The Morgan fingerprint density at radius 2 is 1.67 bits per heavy atom. The van der Waals surface area contributed by atoms with Gasteiger partial charge in [0.2, 0.25) is 0 Å². The first-order chi connectivity index (χ1) is 14.1. The zero-order valence-corrected chi connectivity index (χ0v) is 18.6. The molecule has 2 amide bonds. The number of nitrogens with zero attached hydrogens (tertiary/aromatic N) is 1. The summed E-state index contributed by atoms with van der Waals surface area (Å²) < 4.78 is 5.05. The summed E-state index contributed by atoms with van der Waals surface area (Å²) in [5.74, 6) is -1.54. The van der Waals surface area contributed by atoms with Gasteiger partial charge in [-0.3, -0.25) is 14.4 Å². The van der Waals surface area contributed by atoms with Crippen molar-refractivity contribution in [1.29, 1.82) is 0 Å². The Morgan fingerprint density at radius 1 is 1.00 bits per heavy atom. The van der Waals surface area contributed by atoms with E-state index in [0.29, 0.717) is 11.6 Å². The maximum Gasteiger partial charge on any atom is 0.325 e. The van der Waals surface area contributed by atoms with E-state index in [9.17, 15) is 14.4 Å². The van der Waals surface area contributed by atoms with Gasteiger partial charge in [0, 0.05) is 17.6 Å². The second-order valence-corrected chi connectivity index (χ2v) is 8.42. The standard InChI is InChI=1S/C22H24Cl2N2O4/c1-22(2,3)26(13-15-7-5-4-6-8-15)19(27)14-30-20(28)12-25-21(29)16-9-10-17(23)18(24)11-16/h4-11H,12-14H2,1-3H3,(H,25,29). The van der Waals surface area contributed by atoms with Crippen molar-refractivity contribution < 1.29 is 19.1 Å². The van der Waals surface area contributed by atoms with Crippen molar-refractivity contribution in [2.24, 2.45) is 0 Å². The Kier molecular flexibility index (Phi) is 8.26. The molecule has 2 aromatic rings. The topological polar surface area (TPSA) is 75.7 Å². The van der Waals surface area contributed by atoms with Crippen LogP contribution in [0.5, 0.6) is 0 Å². The lowest BCUT2D eigenvalue weighted by atomic mass is 10.0. The third-order valence-electron chi connectivity index (χ3n) is 4.23. The van der Waals surface area contributed by atoms with Gasteiger partial charge in [0.25, 0.3) is 11.8 Å². The summed E-state index contributed by atoms with van der Waals surface area (Å²) in [6, 6.07) is 13.9. The lowest BCUT2D eigenvalue weighted by molar-refractivity contribution is -0.153. The Hall–Kier alpha value is -2.57. The maximum absolute atomic E-state index is 12.7. The van der Waals surface area contributed by atoms with Crippen LogP contribution in [0.25, 0.3) is 0 Å². The monoisotopic (exact) mass is 450 g/mol. The number of nitrogens with one attached hydrogen (secondary N) is 1. The fourth-order valence-electron chi connectivity index (χ4n) is 2.63. The molecule has 0 fully saturated rings. The molecule has 0 radical (unpaired) electrons. The molecule has 0 atom stereocenters. The van der Waals surface area contributed by atoms with E-state index in [1.165, 1.54) is 18.2 Å². The Morgan fingerprint density at radius 3 is 2.27 bits per heavy atom. The maximum atomic E-state index is 12.7. The van der Waals surface area contributed by atoms with Crippen molar-refractivity contribution in [1.82, 2.24) is 10.2 Å². The number of amides is 2. The number of carbonyl (C=O) groups is 3. The van der Waals surface area contributed by atoms with Crippen molar-refractivity contribution in [2.45, 2.75) is 32.9 Å². The average molecular weight is 451 g/mol. The van der Waals surface area contributed by atoms with Crippen molar-refractivity contribution in [3.05, 3.63) is 69.7 Å². The molecule has 160 valence electrons.